The molecule has 0 fully saturated rings. The molecule has 4 nitrogen and oxygen atoms in total. The molecular formula is C14H14O4S. The highest BCUT2D eigenvalue weighted by Gasteiger charge is 2.24. The molecule has 0 aromatic heterocycles. The Bertz CT molecular complexity index is 733. The lowest BCUT2D eigenvalue weighted by Gasteiger charge is -2.12. The fraction of sp³-hybridized carbons (Fsp3) is 0.143. The lowest BCUT2D eigenvalue weighted by Crippen LogP contribution is -2.05. The summed E-state index contributed by atoms with van der Waals surface area (Å²) >= 11 is 0. The summed E-state index contributed by atoms with van der Waals surface area (Å²) < 4.78 is 25.0. The van der Waals surface area contributed by atoms with Crippen molar-refractivity contribution in [3.05, 3.63) is 47.5 Å². The van der Waals surface area contributed by atoms with Crippen LogP contribution < -0.4 is 0 Å². The average Bonchev–Trinajstić information content (AvgIpc) is 2.36. The third-order valence-electron chi connectivity index (χ3n) is 3.15. The first kappa shape index (κ1) is 13.4. The Morgan fingerprint density at radius 3 is 2.05 bits per heavy atom. The van der Waals surface area contributed by atoms with Crippen molar-refractivity contribution in [1.82, 2.24) is 0 Å². The van der Waals surface area contributed by atoms with Crippen LogP contribution in [-0.4, -0.2) is 18.6 Å². The molecule has 19 heavy (non-hydrogen) atoms. The molecule has 0 unspecified atom stereocenters. The number of hydrogen-bond acceptors (Lipinski definition) is 4. The number of aromatic hydroxyl groups is 2. The fourth-order valence-electron chi connectivity index (χ4n) is 1.88. The van der Waals surface area contributed by atoms with Crippen LogP contribution in [0.15, 0.2) is 46.2 Å². The molecule has 0 aliphatic carbocycles. The normalized spacial score (nSPS) is 11.5. The molecule has 0 amide bonds. The van der Waals surface area contributed by atoms with E-state index >= 15 is 0 Å². The van der Waals surface area contributed by atoms with Crippen molar-refractivity contribution in [1.29, 1.82) is 0 Å². The highest BCUT2D eigenvalue weighted by atomic mass is 32.2. The molecule has 0 aliphatic rings. The first-order valence-corrected chi connectivity index (χ1v) is 7.16. The third kappa shape index (κ3) is 2.17. The van der Waals surface area contributed by atoms with Gasteiger partial charge in [-0.25, -0.2) is 8.42 Å². The van der Waals surface area contributed by atoms with E-state index in [1.807, 2.05) is 0 Å². The molecule has 2 aromatic carbocycles. The van der Waals surface area contributed by atoms with Gasteiger partial charge in [-0.15, -0.1) is 0 Å². The Hall–Kier alpha value is -2.01. The minimum atomic E-state index is -3.80. The number of benzene rings is 2. The molecular weight excluding hydrogens is 264 g/mol. The van der Waals surface area contributed by atoms with E-state index in [-0.39, 0.29) is 21.3 Å². The molecule has 0 aliphatic heterocycles. The summed E-state index contributed by atoms with van der Waals surface area (Å²) in [7, 11) is -3.80. The third-order valence-corrected chi connectivity index (χ3v) is 5.10. The second-order valence-electron chi connectivity index (χ2n) is 4.30. The molecule has 0 spiro atoms. The van der Waals surface area contributed by atoms with Gasteiger partial charge in [0.15, 0.2) is 0 Å². The minimum absolute atomic E-state index is 0.0498. The Morgan fingerprint density at radius 2 is 1.42 bits per heavy atom. The van der Waals surface area contributed by atoms with Crippen LogP contribution in [-0.2, 0) is 9.84 Å². The molecule has 100 valence electrons. The first-order chi connectivity index (χ1) is 8.85. The Labute approximate surface area is 111 Å². The van der Waals surface area contributed by atoms with E-state index in [1.165, 1.54) is 24.3 Å². The summed E-state index contributed by atoms with van der Waals surface area (Å²) in [5.41, 5.74) is 0.986. The summed E-state index contributed by atoms with van der Waals surface area (Å²) in [6.07, 6.45) is 0. The summed E-state index contributed by atoms with van der Waals surface area (Å²) in [5, 5.41) is 19.3. The molecule has 2 rings (SSSR count). The van der Waals surface area contributed by atoms with Gasteiger partial charge in [-0.3, -0.25) is 0 Å². The highest BCUT2D eigenvalue weighted by Crippen LogP contribution is 2.33. The molecule has 0 radical (unpaired) electrons. The van der Waals surface area contributed by atoms with Crippen LogP contribution in [0.25, 0.3) is 0 Å². The van der Waals surface area contributed by atoms with Crippen molar-refractivity contribution in [2.24, 2.45) is 0 Å². The molecule has 0 atom stereocenters. The van der Waals surface area contributed by atoms with Gasteiger partial charge in [-0.1, -0.05) is 12.1 Å². The smallest absolute Gasteiger partial charge is 0.210 e. The zero-order valence-corrected chi connectivity index (χ0v) is 11.4. The van der Waals surface area contributed by atoms with Gasteiger partial charge in [0, 0.05) is 0 Å². The Morgan fingerprint density at radius 1 is 0.789 bits per heavy atom. The number of phenols is 2. The molecule has 0 saturated carbocycles. The van der Waals surface area contributed by atoms with Gasteiger partial charge < -0.3 is 10.2 Å². The van der Waals surface area contributed by atoms with Gasteiger partial charge >= 0.3 is 0 Å². The van der Waals surface area contributed by atoms with Crippen LogP contribution in [0.4, 0.5) is 0 Å². The van der Waals surface area contributed by atoms with Crippen LogP contribution in [0.5, 0.6) is 11.5 Å². The minimum Gasteiger partial charge on any atom is -0.508 e. The van der Waals surface area contributed by atoms with Crippen molar-refractivity contribution in [2.75, 3.05) is 0 Å². The van der Waals surface area contributed by atoms with Crippen molar-refractivity contribution < 1.29 is 18.6 Å². The quantitative estimate of drug-likeness (QED) is 0.885. The lowest BCUT2D eigenvalue weighted by molar-refractivity contribution is 0.458. The van der Waals surface area contributed by atoms with Gasteiger partial charge in [0.2, 0.25) is 9.84 Å². The van der Waals surface area contributed by atoms with Gasteiger partial charge in [0.1, 0.15) is 16.4 Å². The molecule has 0 saturated heterocycles. The predicted octanol–water partition coefficient (Wildman–Crippen LogP) is 2.55. The summed E-state index contributed by atoms with van der Waals surface area (Å²) in [6.45, 7) is 3.27. The lowest BCUT2D eigenvalue weighted by atomic mass is 10.1. The second kappa shape index (κ2) is 4.59. The van der Waals surface area contributed by atoms with E-state index in [0.29, 0.717) is 11.1 Å². The number of rotatable bonds is 2. The molecule has 0 bridgehead atoms. The van der Waals surface area contributed by atoms with E-state index in [4.69, 9.17) is 0 Å². The fourth-order valence-corrected chi connectivity index (χ4v) is 3.52. The van der Waals surface area contributed by atoms with E-state index in [1.54, 1.807) is 26.0 Å². The van der Waals surface area contributed by atoms with E-state index in [9.17, 15) is 18.6 Å². The van der Waals surface area contributed by atoms with Crippen molar-refractivity contribution in [3.8, 4) is 11.5 Å². The molecule has 0 heterocycles. The Balaban J connectivity index is 2.72. The topological polar surface area (TPSA) is 74.6 Å². The molecule has 2 aromatic rings. The molecule has 2 N–H and O–H groups in total. The predicted molar refractivity (Wildman–Crippen MR) is 71.1 cm³/mol. The van der Waals surface area contributed by atoms with E-state index < -0.39 is 9.84 Å². The van der Waals surface area contributed by atoms with E-state index in [2.05, 4.69) is 0 Å². The van der Waals surface area contributed by atoms with Crippen molar-refractivity contribution >= 4 is 9.84 Å². The van der Waals surface area contributed by atoms with Crippen LogP contribution in [0.2, 0.25) is 0 Å². The van der Waals surface area contributed by atoms with Crippen LogP contribution in [0, 0.1) is 13.8 Å². The summed E-state index contributed by atoms with van der Waals surface area (Å²) in [6, 6.07) is 8.48. The average molecular weight is 278 g/mol. The van der Waals surface area contributed by atoms with Crippen LogP contribution in [0.3, 0.4) is 0 Å². The van der Waals surface area contributed by atoms with Gasteiger partial charge in [-0.05, 0) is 49.2 Å². The van der Waals surface area contributed by atoms with Crippen molar-refractivity contribution in [3.63, 3.8) is 0 Å². The SMILES string of the molecule is Cc1c(O)ccc(S(=O)(=O)c2ccccc2O)c1C. The second-order valence-corrected chi connectivity index (χ2v) is 6.19. The number of hydrogen-bond donors (Lipinski definition) is 2. The maximum Gasteiger partial charge on any atom is 0.210 e. The molecule has 5 heteroatoms. The van der Waals surface area contributed by atoms with Gasteiger partial charge in [0.05, 0.1) is 4.90 Å². The van der Waals surface area contributed by atoms with Gasteiger partial charge in [0.25, 0.3) is 0 Å². The van der Waals surface area contributed by atoms with Crippen molar-refractivity contribution in [2.45, 2.75) is 23.6 Å². The standard InChI is InChI=1S/C14H14O4S/c1-9-10(2)13(8-7-11(9)15)19(17,18)14-6-4-3-5-12(14)16/h3-8,15-16H,1-2H3. The summed E-state index contributed by atoms with van der Waals surface area (Å²) in [4.78, 5) is -0.0486. The first-order valence-electron chi connectivity index (χ1n) is 5.68. The zero-order chi connectivity index (χ0) is 14.2. The largest absolute Gasteiger partial charge is 0.508 e. The van der Waals surface area contributed by atoms with E-state index in [0.717, 1.165) is 0 Å². The number of phenolic OH excluding ortho intramolecular Hbond substituents is 2. The highest BCUT2D eigenvalue weighted by molar-refractivity contribution is 7.91. The monoisotopic (exact) mass is 278 g/mol. The van der Waals surface area contributed by atoms with Crippen LogP contribution >= 0.6 is 0 Å². The van der Waals surface area contributed by atoms with Gasteiger partial charge in [-0.2, -0.15) is 0 Å². The maximum absolute atomic E-state index is 12.5. The maximum atomic E-state index is 12.5. The number of sulfone groups is 1. The number of para-hydroxylation sites is 1. The summed E-state index contributed by atoms with van der Waals surface area (Å²) in [5.74, 6) is -0.235. The van der Waals surface area contributed by atoms with Crippen LogP contribution in [0.1, 0.15) is 11.1 Å². The Kier molecular flexibility index (Phi) is 3.24. The zero-order valence-electron chi connectivity index (χ0n) is 10.6.